The minimum atomic E-state index is -3.46. The molecular formula is C15H14INO2S. The topological polar surface area (TPSA) is 37.4 Å². The third-order valence-electron chi connectivity index (χ3n) is 3.47. The number of hydrogen-bond acceptors (Lipinski definition) is 2. The number of benzene rings is 2. The second kappa shape index (κ2) is 5.37. The van der Waals surface area contributed by atoms with E-state index in [1.54, 1.807) is 12.1 Å². The summed E-state index contributed by atoms with van der Waals surface area (Å²) in [5.41, 5.74) is 1.92. The van der Waals surface area contributed by atoms with Crippen molar-refractivity contribution in [3.8, 4) is 0 Å². The number of hydrogen-bond donors (Lipinski definition) is 0. The van der Waals surface area contributed by atoms with E-state index in [1.165, 1.54) is 4.31 Å². The van der Waals surface area contributed by atoms with Crippen molar-refractivity contribution in [2.45, 2.75) is 17.7 Å². The molecule has 5 heteroatoms. The zero-order chi connectivity index (χ0) is 14.2. The lowest BCUT2D eigenvalue weighted by atomic mass is 10.0. The van der Waals surface area contributed by atoms with Crippen LogP contribution in [0.2, 0.25) is 0 Å². The van der Waals surface area contributed by atoms with Gasteiger partial charge in [0.15, 0.2) is 0 Å². The summed E-state index contributed by atoms with van der Waals surface area (Å²) in [4.78, 5) is 0.356. The number of rotatable bonds is 2. The molecule has 1 aliphatic heterocycles. The van der Waals surface area contributed by atoms with Crippen molar-refractivity contribution >= 4 is 38.3 Å². The average Bonchev–Trinajstić information content (AvgIpc) is 2.47. The molecule has 2 aromatic carbocycles. The van der Waals surface area contributed by atoms with Gasteiger partial charge in [0.2, 0.25) is 0 Å². The Labute approximate surface area is 132 Å². The fourth-order valence-electron chi connectivity index (χ4n) is 2.48. The van der Waals surface area contributed by atoms with Gasteiger partial charge in [0.05, 0.1) is 10.6 Å². The van der Waals surface area contributed by atoms with Crippen LogP contribution in [-0.4, -0.2) is 15.0 Å². The molecule has 0 unspecified atom stereocenters. The van der Waals surface area contributed by atoms with E-state index >= 15 is 0 Å². The van der Waals surface area contributed by atoms with Gasteiger partial charge in [0, 0.05) is 10.1 Å². The molecule has 0 spiro atoms. The zero-order valence-corrected chi connectivity index (χ0v) is 13.8. The maximum absolute atomic E-state index is 12.8. The predicted octanol–water partition coefficient (Wildman–Crippen LogP) is 3.43. The van der Waals surface area contributed by atoms with Crippen LogP contribution in [0.5, 0.6) is 0 Å². The van der Waals surface area contributed by atoms with Gasteiger partial charge in [-0.1, -0.05) is 18.2 Å². The molecular weight excluding hydrogens is 385 g/mol. The Bertz CT molecular complexity index is 726. The highest BCUT2D eigenvalue weighted by Gasteiger charge is 2.28. The van der Waals surface area contributed by atoms with Crippen LogP contribution >= 0.6 is 22.6 Å². The summed E-state index contributed by atoms with van der Waals surface area (Å²) in [7, 11) is -3.46. The van der Waals surface area contributed by atoms with Crippen LogP contribution in [0.4, 0.5) is 5.69 Å². The normalized spacial score (nSPS) is 14.9. The van der Waals surface area contributed by atoms with Gasteiger partial charge >= 0.3 is 0 Å². The van der Waals surface area contributed by atoms with Crippen LogP contribution in [-0.2, 0) is 16.4 Å². The number of anilines is 1. The van der Waals surface area contributed by atoms with Crippen LogP contribution in [0.25, 0.3) is 0 Å². The molecule has 104 valence electrons. The van der Waals surface area contributed by atoms with Crippen LogP contribution in [0, 0.1) is 3.57 Å². The average molecular weight is 399 g/mol. The fourth-order valence-corrected chi connectivity index (χ4v) is 4.38. The number of sulfonamides is 1. The highest BCUT2D eigenvalue weighted by molar-refractivity contribution is 14.1. The minimum absolute atomic E-state index is 0.356. The van der Waals surface area contributed by atoms with E-state index < -0.39 is 10.0 Å². The van der Waals surface area contributed by atoms with Crippen LogP contribution in [0.3, 0.4) is 0 Å². The highest BCUT2D eigenvalue weighted by Crippen LogP contribution is 2.31. The molecule has 0 N–H and O–H groups in total. The number of nitrogens with zero attached hydrogens (tertiary/aromatic N) is 1. The van der Waals surface area contributed by atoms with Gasteiger partial charge in [0.25, 0.3) is 10.0 Å². The van der Waals surface area contributed by atoms with Crippen molar-refractivity contribution in [3.05, 3.63) is 57.7 Å². The molecule has 0 saturated heterocycles. The SMILES string of the molecule is O=S(=O)(c1ccc(I)cc1)N1CCCc2ccccc21. The Kier molecular flexibility index (Phi) is 3.72. The van der Waals surface area contributed by atoms with E-state index in [0.29, 0.717) is 11.4 Å². The van der Waals surface area contributed by atoms with Crippen molar-refractivity contribution in [1.29, 1.82) is 0 Å². The third-order valence-corrected chi connectivity index (χ3v) is 6.02. The maximum atomic E-state index is 12.8. The summed E-state index contributed by atoms with van der Waals surface area (Å²) >= 11 is 2.17. The Morgan fingerprint density at radius 2 is 1.70 bits per heavy atom. The van der Waals surface area contributed by atoms with Gasteiger partial charge in [-0.05, 0) is 71.3 Å². The van der Waals surface area contributed by atoms with E-state index in [1.807, 2.05) is 36.4 Å². The van der Waals surface area contributed by atoms with E-state index in [0.717, 1.165) is 27.7 Å². The Hall–Kier alpha value is -1.08. The Morgan fingerprint density at radius 1 is 1.00 bits per heavy atom. The van der Waals surface area contributed by atoms with Gasteiger partial charge in [0.1, 0.15) is 0 Å². The first-order valence-corrected chi connectivity index (χ1v) is 8.97. The lowest BCUT2D eigenvalue weighted by Crippen LogP contribution is -2.35. The molecule has 0 aromatic heterocycles. The Balaban J connectivity index is 2.07. The standard InChI is InChI=1S/C15H14INO2S/c16-13-7-9-14(10-8-13)20(18,19)17-11-3-5-12-4-1-2-6-15(12)17/h1-2,4,6-10H,3,5,11H2. The zero-order valence-electron chi connectivity index (χ0n) is 10.8. The molecule has 0 radical (unpaired) electrons. The third kappa shape index (κ3) is 2.44. The van der Waals surface area contributed by atoms with E-state index in [2.05, 4.69) is 22.6 Å². The van der Waals surface area contributed by atoms with Crippen LogP contribution < -0.4 is 4.31 Å². The van der Waals surface area contributed by atoms with Crippen LogP contribution in [0.1, 0.15) is 12.0 Å². The van der Waals surface area contributed by atoms with Crippen molar-refractivity contribution in [3.63, 3.8) is 0 Å². The van der Waals surface area contributed by atoms with Crippen molar-refractivity contribution in [2.24, 2.45) is 0 Å². The molecule has 2 aromatic rings. The van der Waals surface area contributed by atoms with E-state index in [-0.39, 0.29) is 0 Å². The molecule has 3 rings (SSSR count). The number of aryl methyl sites for hydroxylation is 1. The van der Waals surface area contributed by atoms with Gasteiger partial charge in [-0.2, -0.15) is 0 Å². The smallest absolute Gasteiger partial charge is 0.264 e. The van der Waals surface area contributed by atoms with Gasteiger partial charge in [-0.3, -0.25) is 4.31 Å². The van der Waals surface area contributed by atoms with Gasteiger partial charge < -0.3 is 0 Å². The van der Waals surface area contributed by atoms with Crippen molar-refractivity contribution in [2.75, 3.05) is 10.8 Å². The predicted molar refractivity (Wildman–Crippen MR) is 88.5 cm³/mol. The molecule has 20 heavy (non-hydrogen) atoms. The first-order valence-electron chi connectivity index (χ1n) is 6.45. The lowest BCUT2D eigenvalue weighted by molar-refractivity contribution is 0.586. The molecule has 1 aliphatic rings. The summed E-state index contributed by atoms with van der Waals surface area (Å²) in [6, 6.07) is 14.7. The highest BCUT2D eigenvalue weighted by atomic mass is 127. The molecule has 0 saturated carbocycles. The number of halogens is 1. The minimum Gasteiger partial charge on any atom is -0.266 e. The van der Waals surface area contributed by atoms with Crippen molar-refractivity contribution in [1.82, 2.24) is 0 Å². The number of para-hydroxylation sites is 1. The largest absolute Gasteiger partial charge is 0.266 e. The molecule has 0 fully saturated rings. The first kappa shape index (κ1) is 13.9. The van der Waals surface area contributed by atoms with Crippen molar-refractivity contribution < 1.29 is 8.42 Å². The maximum Gasteiger partial charge on any atom is 0.264 e. The first-order chi connectivity index (χ1) is 9.59. The fraction of sp³-hybridized carbons (Fsp3) is 0.200. The summed E-state index contributed by atoms with van der Waals surface area (Å²) in [5, 5.41) is 0. The lowest BCUT2D eigenvalue weighted by Gasteiger charge is -2.30. The molecule has 1 heterocycles. The summed E-state index contributed by atoms with van der Waals surface area (Å²) < 4.78 is 28.1. The van der Waals surface area contributed by atoms with Gasteiger partial charge in [-0.15, -0.1) is 0 Å². The van der Waals surface area contributed by atoms with Crippen LogP contribution in [0.15, 0.2) is 53.4 Å². The molecule has 0 aliphatic carbocycles. The van der Waals surface area contributed by atoms with E-state index in [9.17, 15) is 8.42 Å². The molecule has 0 atom stereocenters. The molecule has 3 nitrogen and oxygen atoms in total. The summed E-state index contributed by atoms with van der Waals surface area (Å²) in [5.74, 6) is 0. The summed E-state index contributed by atoms with van der Waals surface area (Å²) in [6.07, 6.45) is 1.80. The van der Waals surface area contributed by atoms with Gasteiger partial charge in [-0.25, -0.2) is 8.42 Å². The Morgan fingerprint density at radius 3 is 2.45 bits per heavy atom. The summed E-state index contributed by atoms with van der Waals surface area (Å²) in [6.45, 7) is 0.547. The monoisotopic (exact) mass is 399 g/mol. The second-order valence-electron chi connectivity index (χ2n) is 4.76. The van der Waals surface area contributed by atoms with E-state index in [4.69, 9.17) is 0 Å². The quantitative estimate of drug-likeness (QED) is 0.726. The molecule has 0 bridgehead atoms. The number of fused-ring (bicyclic) bond motifs is 1. The second-order valence-corrected chi connectivity index (χ2v) is 7.87. The molecule has 0 amide bonds.